The van der Waals surface area contributed by atoms with Gasteiger partial charge in [0.05, 0.1) is 0 Å². The summed E-state index contributed by atoms with van der Waals surface area (Å²) in [5, 5.41) is 3.51. The second-order valence-electron chi connectivity index (χ2n) is 5.13. The number of nitrogens with zero attached hydrogens (tertiary/aromatic N) is 2. The van der Waals surface area contributed by atoms with E-state index < -0.39 is 0 Å². The molecule has 0 bridgehead atoms. The van der Waals surface area contributed by atoms with Crippen molar-refractivity contribution in [2.75, 3.05) is 53.4 Å². The first kappa shape index (κ1) is 16.9. The molecule has 0 aliphatic heterocycles. The summed E-state index contributed by atoms with van der Waals surface area (Å²) < 4.78 is 0. The highest BCUT2D eigenvalue weighted by Crippen LogP contribution is 2.09. The third kappa shape index (κ3) is 9.57. The molecule has 0 fully saturated rings. The number of hydrogen-bond acceptors (Lipinski definition) is 3. The van der Waals surface area contributed by atoms with Gasteiger partial charge in [0.2, 0.25) is 0 Å². The minimum absolute atomic E-state index is 0.872. The Bertz CT molecular complexity index is 156. The smallest absolute Gasteiger partial charge is 0.0107 e. The van der Waals surface area contributed by atoms with Crippen molar-refractivity contribution in [3.8, 4) is 0 Å². The van der Waals surface area contributed by atoms with Crippen LogP contribution in [0.2, 0.25) is 0 Å². The van der Waals surface area contributed by atoms with Gasteiger partial charge in [-0.15, -0.1) is 0 Å². The van der Waals surface area contributed by atoms with Crippen LogP contribution in [0.4, 0.5) is 0 Å². The Hall–Kier alpha value is -0.120. The molecule has 0 aliphatic carbocycles. The normalized spacial score (nSPS) is 12.0. The average molecular weight is 243 g/mol. The van der Waals surface area contributed by atoms with Crippen molar-refractivity contribution in [1.29, 1.82) is 0 Å². The van der Waals surface area contributed by atoms with Gasteiger partial charge >= 0.3 is 0 Å². The summed E-state index contributed by atoms with van der Waals surface area (Å²) >= 11 is 0. The zero-order valence-corrected chi connectivity index (χ0v) is 12.6. The van der Waals surface area contributed by atoms with Crippen LogP contribution in [0.25, 0.3) is 0 Å². The summed E-state index contributed by atoms with van der Waals surface area (Å²) in [6.07, 6.45) is 2.61. The standard InChI is InChI=1S/C14H33N3/c1-6-14(7-2)13-17(8-3)12-10-15-9-11-16(4)5/h14-15H,6-13H2,1-5H3. The molecule has 0 aromatic heterocycles. The van der Waals surface area contributed by atoms with Crippen LogP contribution < -0.4 is 5.32 Å². The molecule has 1 N–H and O–H groups in total. The second-order valence-corrected chi connectivity index (χ2v) is 5.13. The lowest BCUT2D eigenvalue weighted by molar-refractivity contribution is 0.233. The molecule has 0 spiro atoms. The van der Waals surface area contributed by atoms with Crippen LogP contribution >= 0.6 is 0 Å². The zero-order chi connectivity index (χ0) is 13.1. The summed E-state index contributed by atoms with van der Waals surface area (Å²) in [7, 11) is 4.24. The van der Waals surface area contributed by atoms with Gasteiger partial charge in [0, 0.05) is 32.7 Å². The van der Waals surface area contributed by atoms with E-state index in [1.165, 1.54) is 32.5 Å². The summed E-state index contributed by atoms with van der Waals surface area (Å²) in [5.41, 5.74) is 0. The SMILES string of the molecule is CCC(CC)CN(CC)CCNCCN(C)C. The van der Waals surface area contributed by atoms with E-state index in [0.29, 0.717) is 0 Å². The molecule has 3 heteroatoms. The lowest BCUT2D eigenvalue weighted by atomic mass is 10.0. The molecule has 0 radical (unpaired) electrons. The summed E-state index contributed by atoms with van der Waals surface area (Å²) in [5.74, 6) is 0.872. The molecule has 3 nitrogen and oxygen atoms in total. The molecule has 17 heavy (non-hydrogen) atoms. The monoisotopic (exact) mass is 243 g/mol. The molecule has 0 aliphatic rings. The van der Waals surface area contributed by atoms with Crippen LogP contribution in [-0.4, -0.2) is 63.2 Å². The predicted molar refractivity (Wildman–Crippen MR) is 77.6 cm³/mol. The molecule has 0 saturated heterocycles. The van der Waals surface area contributed by atoms with E-state index in [9.17, 15) is 0 Å². The molecule has 0 atom stereocenters. The first-order valence-electron chi connectivity index (χ1n) is 7.21. The Balaban J connectivity index is 3.60. The Labute approximate surface area is 109 Å². The van der Waals surface area contributed by atoms with E-state index in [-0.39, 0.29) is 0 Å². The van der Waals surface area contributed by atoms with Crippen LogP contribution in [0.3, 0.4) is 0 Å². The lowest BCUT2D eigenvalue weighted by Crippen LogP contribution is -2.37. The Morgan fingerprint density at radius 2 is 1.53 bits per heavy atom. The van der Waals surface area contributed by atoms with Gasteiger partial charge in [0.1, 0.15) is 0 Å². The van der Waals surface area contributed by atoms with Crippen molar-refractivity contribution in [3.05, 3.63) is 0 Å². The number of likely N-dealkylation sites (N-methyl/N-ethyl adjacent to an activating group) is 2. The van der Waals surface area contributed by atoms with Gasteiger partial charge in [0.25, 0.3) is 0 Å². The Morgan fingerprint density at radius 3 is 2.00 bits per heavy atom. The minimum Gasteiger partial charge on any atom is -0.314 e. The van der Waals surface area contributed by atoms with Crippen molar-refractivity contribution in [2.45, 2.75) is 33.6 Å². The van der Waals surface area contributed by atoms with E-state index in [2.05, 4.69) is 50.0 Å². The summed E-state index contributed by atoms with van der Waals surface area (Å²) in [4.78, 5) is 4.79. The average Bonchev–Trinajstić information content (AvgIpc) is 2.32. The maximum absolute atomic E-state index is 3.51. The molecule has 0 saturated carbocycles. The van der Waals surface area contributed by atoms with Crippen molar-refractivity contribution in [3.63, 3.8) is 0 Å². The van der Waals surface area contributed by atoms with E-state index in [0.717, 1.165) is 25.6 Å². The molecule has 104 valence electrons. The maximum atomic E-state index is 3.51. The number of nitrogens with one attached hydrogen (secondary N) is 1. The highest BCUT2D eigenvalue weighted by Gasteiger charge is 2.09. The summed E-state index contributed by atoms with van der Waals surface area (Å²) in [6.45, 7) is 13.8. The number of hydrogen-bond donors (Lipinski definition) is 1. The van der Waals surface area contributed by atoms with Gasteiger partial charge in [-0.1, -0.05) is 33.6 Å². The van der Waals surface area contributed by atoms with Gasteiger partial charge in [-0.3, -0.25) is 0 Å². The first-order valence-corrected chi connectivity index (χ1v) is 7.21. The topological polar surface area (TPSA) is 18.5 Å². The fourth-order valence-corrected chi connectivity index (χ4v) is 1.96. The molecule has 0 aromatic rings. The Morgan fingerprint density at radius 1 is 0.941 bits per heavy atom. The highest BCUT2D eigenvalue weighted by molar-refractivity contribution is 4.64. The molecule has 0 aromatic carbocycles. The van der Waals surface area contributed by atoms with Gasteiger partial charge in [-0.05, 0) is 26.6 Å². The molecule has 0 heterocycles. The van der Waals surface area contributed by atoms with Crippen LogP contribution in [0, 0.1) is 5.92 Å². The van der Waals surface area contributed by atoms with E-state index in [4.69, 9.17) is 0 Å². The fourth-order valence-electron chi connectivity index (χ4n) is 1.96. The zero-order valence-electron chi connectivity index (χ0n) is 12.6. The lowest BCUT2D eigenvalue weighted by Gasteiger charge is -2.25. The quantitative estimate of drug-likeness (QED) is 0.559. The second kappa shape index (κ2) is 11.0. The van der Waals surface area contributed by atoms with Crippen molar-refractivity contribution < 1.29 is 0 Å². The van der Waals surface area contributed by atoms with E-state index in [1.807, 2.05) is 0 Å². The third-order valence-electron chi connectivity index (χ3n) is 3.46. The Kier molecular flexibility index (Phi) is 10.9. The highest BCUT2D eigenvalue weighted by atomic mass is 15.1. The molecule has 0 amide bonds. The molecular formula is C14H33N3. The van der Waals surface area contributed by atoms with E-state index in [1.54, 1.807) is 0 Å². The predicted octanol–water partition coefficient (Wildman–Crippen LogP) is 1.90. The van der Waals surface area contributed by atoms with Gasteiger partial charge < -0.3 is 15.1 Å². The van der Waals surface area contributed by atoms with Gasteiger partial charge in [-0.25, -0.2) is 0 Å². The van der Waals surface area contributed by atoms with Crippen LogP contribution in [0.1, 0.15) is 33.6 Å². The minimum atomic E-state index is 0.872. The van der Waals surface area contributed by atoms with Crippen molar-refractivity contribution in [2.24, 2.45) is 5.92 Å². The summed E-state index contributed by atoms with van der Waals surface area (Å²) in [6, 6.07) is 0. The first-order chi connectivity index (χ1) is 8.13. The van der Waals surface area contributed by atoms with Crippen LogP contribution in [-0.2, 0) is 0 Å². The van der Waals surface area contributed by atoms with Gasteiger partial charge in [-0.2, -0.15) is 0 Å². The molecular weight excluding hydrogens is 210 g/mol. The van der Waals surface area contributed by atoms with Crippen molar-refractivity contribution in [1.82, 2.24) is 15.1 Å². The maximum Gasteiger partial charge on any atom is 0.0107 e. The third-order valence-corrected chi connectivity index (χ3v) is 3.46. The largest absolute Gasteiger partial charge is 0.314 e. The van der Waals surface area contributed by atoms with Crippen LogP contribution in [0.15, 0.2) is 0 Å². The van der Waals surface area contributed by atoms with Crippen LogP contribution in [0.5, 0.6) is 0 Å². The fraction of sp³-hybridized carbons (Fsp3) is 1.00. The number of rotatable bonds is 11. The molecule has 0 unspecified atom stereocenters. The van der Waals surface area contributed by atoms with E-state index >= 15 is 0 Å². The van der Waals surface area contributed by atoms with Gasteiger partial charge in [0.15, 0.2) is 0 Å². The van der Waals surface area contributed by atoms with Crippen molar-refractivity contribution >= 4 is 0 Å². The molecule has 0 rings (SSSR count).